The van der Waals surface area contributed by atoms with Crippen molar-refractivity contribution in [2.75, 3.05) is 6.54 Å². The van der Waals surface area contributed by atoms with E-state index in [1.807, 2.05) is 0 Å². The minimum absolute atomic E-state index is 0.0604. The van der Waals surface area contributed by atoms with Crippen molar-refractivity contribution in [2.24, 2.45) is 5.73 Å². The molecule has 0 atom stereocenters. The molecule has 0 unspecified atom stereocenters. The van der Waals surface area contributed by atoms with E-state index in [9.17, 15) is 4.79 Å². The van der Waals surface area contributed by atoms with E-state index in [4.69, 9.17) is 14.6 Å². The highest BCUT2D eigenvalue weighted by Crippen LogP contribution is 2.29. The van der Waals surface area contributed by atoms with Crippen LogP contribution < -0.4 is 11.1 Å². The fourth-order valence-electron chi connectivity index (χ4n) is 3.02. The Balaban J connectivity index is 1.69. The van der Waals surface area contributed by atoms with Gasteiger partial charge in [-0.05, 0) is 31.9 Å². The highest BCUT2D eigenvalue weighted by molar-refractivity contribution is 5.79. The molecule has 0 aromatic carbocycles. The molecule has 1 aliphatic carbocycles. The zero-order valence-corrected chi connectivity index (χ0v) is 12.7. The number of nitrogens with two attached hydrogens (primary N) is 1. The van der Waals surface area contributed by atoms with E-state index in [1.165, 1.54) is 0 Å². The first-order chi connectivity index (χ1) is 10.6. The molecule has 118 valence electrons. The van der Waals surface area contributed by atoms with Crippen LogP contribution in [-0.2, 0) is 11.2 Å². The topological polar surface area (TPSA) is 94.3 Å². The van der Waals surface area contributed by atoms with E-state index in [0.29, 0.717) is 29.6 Å². The van der Waals surface area contributed by atoms with Gasteiger partial charge >= 0.3 is 0 Å². The van der Waals surface area contributed by atoms with E-state index < -0.39 is 0 Å². The number of aryl methyl sites for hydroxylation is 1. The van der Waals surface area contributed by atoms with Crippen LogP contribution in [0.5, 0.6) is 0 Å². The fourth-order valence-corrected chi connectivity index (χ4v) is 3.02. The Morgan fingerprint density at radius 1 is 1.45 bits per heavy atom. The summed E-state index contributed by atoms with van der Waals surface area (Å²) in [5.41, 5.74) is 6.24. The van der Waals surface area contributed by atoms with Crippen LogP contribution in [0.3, 0.4) is 0 Å². The monoisotopic (exact) mass is 303 g/mol. The van der Waals surface area contributed by atoms with Crippen molar-refractivity contribution in [3.63, 3.8) is 0 Å². The Morgan fingerprint density at radius 3 is 2.86 bits per heavy atom. The predicted octanol–water partition coefficient (Wildman–Crippen LogP) is 2.17. The second-order valence-corrected chi connectivity index (χ2v) is 5.92. The second kappa shape index (κ2) is 5.96. The molecule has 1 amide bonds. The first-order valence-electron chi connectivity index (χ1n) is 7.63. The number of nitrogens with one attached hydrogen (secondary N) is 1. The molecule has 2 aromatic heterocycles. The number of amides is 1. The van der Waals surface area contributed by atoms with E-state index in [-0.39, 0.29) is 17.9 Å². The molecule has 1 saturated carbocycles. The van der Waals surface area contributed by atoms with Crippen LogP contribution in [-0.4, -0.2) is 23.0 Å². The summed E-state index contributed by atoms with van der Waals surface area (Å²) in [5, 5.41) is 3.09. The summed E-state index contributed by atoms with van der Waals surface area (Å²) in [6, 6.07) is 3.55. The standard InChI is InChI=1S/C16H21N3O3/c1-11-12(18-15(22-11)13-5-4-8-21-13)9-14(20)19-16(10-17)6-2-3-7-16/h4-5,8H,2-3,6-7,9-10,17H2,1H3,(H,19,20). The molecule has 3 N–H and O–H groups in total. The molecular weight excluding hydrogens is 282 g/mol. The highest BCUT2D eigenvalue weighted by Gasteiger charge is 2.34. The van der Waals surface area contributed by atoms with Gasteiger partial charge in [0.1, 0.15) is 5.76 Å². The van der Waals surface area contributed by atoms with E-state index in [0.717, 1.165) is 25.7 Å². The third-order valence-corrected chi connectivity index (χ3v) is 4.31. The molecule has 0 radical (unpaired) electrons. The summed E-state index contributed by atoms with van der Waals surface area (Å²) in [5.74, 6) is 1.54. The molecule has 6 heteroatoms. The van der Waals surface area contributed by atoms with Crippen molar-refractivity contribution < 1.29 is 13.6 Å². The lowest BCUT2D eigenvalue weighted by Crippen LogP contribution is -2.52. The van der Waals surface area contributed by atoms with E-state index in [2.05, 4.69) is 10.3 Å². The molecule has 1 aliphatic rings. The Bertz CT molecular complexity index is 640. The average molecular weight is 303 g/mol. The molecule has 0 spiro atoms. The molecule has 3 rings (SSSR count). The number of furan rings is 1. The van der Waals surface area contributed by atoms with Gasteiger partial charge in [0, 0.05) is 6.54 Å². The molecule has 2 heterocycles. The van der Waals surface area contributed by atoms with E-state index >= 15 is 0 Å². The molecular formula is C16H21N3O3. The zero-order chi connectivity index (χ0) is 15.6. The number of carbonyl (C=O) groups is 1. The maximum atomic E-state index is 12.3. The summed E-state index contributed by atoms with van der Waals surface area (Å²) < 4.78 is 10.8. The second-order valence-electron chi connectivity index (χ2n) is 5.92. The van der Waals surface area contributed by atoms with Gasteiger partial charge in [-0.3, -0.25) is 4.79 Å². The Kier molecular flexibility index (Phi) is 4.02. The van der Waals surface area contributed by atoms with E-state index in [1.54, 1.807) is 25.3 Å². The number of aromatic nitrogens is 1. The van der Waals surface area contributed by atoms with Gasteiger partial charge in [0.25, 0.3) is 5.89 Å². The minimum atomic E-state index is -0.238. The molecule has 6 nitrogen and oxygen atoms in total. The third kappa shape index (κ3) is 2.92. The number of carbonyl (C=O) groups excluding carboxylic acids is 1. The maximum Gasteiger partial charge on any atom is 0.263 e. The van der Waals surface area contributed by atoms with Gasteiger partial charge in [0.15, 0.2) is 5.76 Å². The highest BCUT2D eigenvalue weighted by atomic mass is 16.4. The Hall–Kier alpha value is -2.08. The summed E-state index contributed by atoms with van der Waals surface area (Å²) in [7, 11) is 0. The summed E-state index contributed by atoms with van der Waals surface area (Å²) in [4.78, 5) is 16.7. The normalized spacial score (nSPS) is 16.8. The fraction of sp³-hybridized carbons (Fsp3) is 0.500. The molecule has 22 heavy (non-hydrogen) atoms. The zero-order valence-electron chi connectivity index (χ0n) is 12.7. The smallest absolute Gasteiger partial charge is 0.263 e. The lowest BCUT2D eigenvalue weighted by molar-refractivity contribution is -0.122. The molecule has 2 aromatic rings. The number of hydrogen-bond acceptors (Lipinski definition) is 5. The van der Waals surface area contributed by atoms with Gasteiger partial charge in [0.05, 0.1) is 23.9 Å². The van der Waals surface area contributed by atoms with Crippen LogP contribution >= 0.6 is 0 Å². The van der Waals surface area contributed by atoms with Crippen molar-refractivity contribution in [1.82, 2.24) is 10.3 Å². The third-order valence-electron chi connectivity index (χ3n) is 4.31. The van der Waals surface area contributed by atoms with Crippen molar-refractivity contribution in [3.05, 3.63) is 29.9 Å². The van der Waals surface area contributed by atoms with Crippen molar-refractivity contribution >= 4 is 5.91 Å². The summed E-state index contributed by atoms with van der Waals surface area (Å²) in [6.07, 6.45) is 5.88. The molecule has 0 aliphatic heterocycles. The number of hydrogen-bond donors (Lipinski definition) is 2. The summed E-state index contributed by atoms with van der Waals surface area (Å²) in [6.45, 7) is 2.28. The average Bonchev–Trinajstić information content (AvgIpc) is 3.21. The van der Waals surface area contributed by atoms with Crippen molar-refractivity contribution in [3.8, 4) is 11.7 Å². The van der Waals surface area contributed by atoms with Gasteiger partial charge in [-0.15, -0.1) is 0 Å². The van der Waals surface area contributed by atoms with Gasteiger partial charge in [-0.2, -0.15) is 0 Å². The number of oxazole rings is 1. The van der Waals surface area contributed by atoms with Crippen LogP contribution in [0.4, 0.5) is 0 Å². The lowest BCUT2D eigenvalue weighted by atomic mass is 9.97. The van der Waals surface area contributed by atoms with Gasteiger partial charge in [0.2, 0.25) is 5.91 Å². The molecule has 1 fully saturated rings. The number of rotatable bonds is 5. The molecule has 0 bridgehead atoms. The van der Waals surface area contributed by atoms with Crippen LogP contribution in [0, 0.1) is 6.92 Å². The van der Waals surface area contributed by atoms with Gasteiger partial charge < -0.3 is 19.9 Å². The van der Waals surface area contributed by atoms with Crippen molar-refractivity contribution in [2.45, 2.75) is 44.6 Å². The largest absolute Gasteiger partial charge is 0.459 e. The van der Waals surface area contributed by atoms with Crippen molar-refractivity contribution in [1.29, 1.82) is 0 Å². The first kappa shape index (κ1) is 14.8. The Morgan fingerprint density at radius 2 is 2.23 bits per heavy atom. The predicted molar refractivity (Wildman–Crippen MR) is 81.0 cm³/mol. The quantitative estimate of drug-likeness (QED) is 0.882. The first-order valence-corrected chi connectivity index (χ1v) is 7.63. The van der Waals surface area contributed by atoms with Crippen LogP contribution in [0.2, 0.25) is 0 Å². The van der Waals surface area contributed by atoms with Gasteiger partial charge in [-0.25, -0.2) is 4.98 Å². The Labute approximate surface area is 129 Å². The van der Waals surface area contributed by atoms with Crippen LogP contribution in [0.1, 0.15) is 37.1 Å². The van der Waals surface area contributed by atoms with Gasteiger partial charge in [-0.1, -0.05) is 12.8 Å². The molecule has 0 saturated heterocycles. The minimum Gasteiger partial charge on any atom is -0.459 e. The SMILES string of the molecule is Cc1oc(-c2ccco2)nc1CC(=O)NC1(CN)CCCC1. The maximum absolute atomic E-state index is 12.3. The van der Waals surface area contributed by atoms with Crippen LogP contribution in [0.25, 0.3) is 11.7 Å². The lowest BCUT2D eigenvalue weighted by Gasteiger charge is -2.28. The summed E-state index contributed by atoms with van der Waals surface area (Å²) >= 11 is 0. The number of nitrogens with zero attached hydrogens (tertiary/aromatic N) is 1. The van der Waals surface area contributed by atoms with Crippen LogP contribution in [0.15, 0.2) is 27.2 Å².